The van der Waals surface area contributed by atoms with E-state index in [4.69, 9.17) is 0 Å². The molecular formula is C8H9N3O3. The predicted octanol–water partition coefficient (Wildman–Crippen LogP) is 0.770. The average Bonchev–Trinajstić information content (AvgIpc) is 2.87. The number of carbonyl (C=O) groups excluding carboxylic acids is 1. The van der Waals surface area contributed by atoms with E-state index in [1.165, 1.54) is 17.1 Å². The van der Waals surface area contributed by atoms with E-state index in [9.17, 15) is 14.9 Å². The van der Waals surface area contributed by atoms with E-state index in [2.05, 4.69) is 4.98 Å². The Balaban J connectivity index is 2.02. The van der Waals surface area contributed by atoms with Crippen LogP contribution in [0.15, 0.2) is 12.5 Å². The van der Waals surface area contributed by atoms with Crippen molar-refractivity contribution in [2.75, 3.05) is 0 Å². The minimum Gasteiger partial charge on any atom is -0.358 e. The Labute approximate surface area is 79.7 Å². The maximum atomic E-state index is 11.3. The number of imidazole rings is 1. The Kier molecular flexibility index (Phi) is 2.03. The zero-order valence-corrected chi connectivity index (χ0v) is 7.42. The Hall–Kier alpha value is -1.72. The van der Waals surface area contributed by atoms with E-state index in [0.717, 1.165) is 12.8 Å². The highest BCUT2D eigenvalue weighted by atomic mass is 16.6. The Morgan fingerprint density at radius 2 is 2.43 bits per heavy atom. The molecule has 0 unspecified atom stereocenters. The van der Waals surface area contributed by atoms with Crippen molar-refractivity contribution in [3.63, 3.8) is 0 Å². The van der Waals surface area contributed by atoms with E-state index in [1.54, 1.807) is 0 Å². The van der Waals surface area contributed by atoms with E-state index >= 15 is 0 Å². The van der Waals surface area contributed by atoms with Gasteiger partial charge in [-0.2, -0.15) is 0 Å². The molecule has 0 amide bonds. The number of ketones is 1. The highest BCUT2D eigenvalue weighted by Crippen LogP contribution is 2.30. The van der Waals surface area contributed by atoms with Crippen LogP contribution in [0, 0.1) is 16.0 Å². The first-order chi connectivity index (χ1) is 6.66. The second-order valence-electron chi connectivity index (χ2n) is 3.40. The van der Waals surface area contributed by atoms with Gasteiger partial charge >= 0.3 is 5.82 Å². The number of rotatable bonds is 4. The molecule has 0 bridgehead atoms. The number of hydrogen-bond donors (Lipinski definition) is 0. The summed E-state index contributed by atoms with van der Waals surface area (Å²) in [5.41, 5.74) is 0. The largest absolute Gasteiger partial charge is 0.381 e. The van der Waals surface area contributed by atoms with Gasteiger partial charge in [-0.1, -0.05) is 0 Å². The second-order valence-corrected chi connectivity index (χ2v) is 3.40. The summed E-state index contributed by atoms with van der Waals surface area (Å²) in [5, 5.41) is 10.3. The summed E-state index contributed by atoms with van der Waals surface area (Å²) >= 11 is 0. The lowest BCUT2D eigenvalue weighted by atomic mass is 10.3. The van der Waals surface area contributed by atoms with Crippen LogP contribution in [0.1, 0.15) is 12.8 Å². The molecule has 6 nitrogen and oxygen atoms in total. The minimum absolute atomic E-state index is 0.136. The van der Waals surface area contributed by atoms with Gasteiger partial charge in [0, 0.05) is 5.92 Å². The van der Waals surface area contributed by atoms with Gasteiger partial charge in [-0.25, -0.2) is 0 Å². The molecule has 1 aromatic heterocycles. The summed E-state index contributed by atoms with van der Waals surface area (Å²) in [5.74, 6) is 0.0994. The van der Waals surface area contributed by atoms with Crippen molar-refractivity contribution in [2.45, 2.75) is 19.4 Å². The number of nitrogens with zero attached hydrogens (tertiary/aromatic N) is 3. The van der Waals surface area contributed by atoms with E-state index < -0.39 is 4.92 Å². The molecule has 0 atom stereocenters. The molecule has 74 valence electrons. The van der Waals surface area contributed by atoms with Crippen LogP contribution in [-0.4, -0.2) is 20.3 Å². The SMILES string of the molecule is O=C(Cn1cnc([N+](=O)[O-])c1)C1CC1. The maximum Gasteiger partial charge on any atom is 0.381 e. The zero-order chi connectivity index (χ0) is 10.1. The molecule has 1 fully saturated rings. The van der Waals surface area contributed by atoms with Crippen LogP contribution in [0.3, 0.4) is 0 Å². The second kappa shape index (κ2) is 3.21. The highest BCUT2D eigenvalue weighted by molar-refractivity contribution is 5.82. The van der Waals surface area contributed by atoms with Gasteiger partial charge in [0.25, 0.3) is 0 Å². The first kappa shape index (κ1) is 8.86. The number of aromatic nitrogens is 2. The molecule has 1 aromatic rings. The number of hydrogen-bond acceptors (Lipinski definition) is 4. The van der Waals surface area contributed by atoms with Gasteiger partial charge in [0.05, 0.1) is 6.54 Å². The van der Waals surface area contributed by atoms with Gasteiger partial charge in [0.1, 0.15) is 6.20 Å². The van der Waals surface area contributed by atoms with Crippen LogP contribution >= 0.6 is 0 Å². The van der Waals surface area contributed by atoms with Crippen LogP contribution in [0.5, 0.6) is 0 Å². The molecule has 1 aliphatic rings. The normalized spacial score (nSPS) is 15.4. The van der Waals surface area contributed by atoms with Gasteiger partial charge in [-0.05, 0) is 22.7 Å². The average molecular weight is 195 g/mol. The molecule has 1 saturated carbocycles. The van der Waals surface area contributed by atoms with Crippen molar-refractivity contribution in [3.05, 3.63) is 22.6 Å². The van der Waals surface area contributed by atoms with Crippen LogP contribution in [0.4, 0.5) is 5.82 Å². The minimum atomic E-state index is -0.571. The number of nitro groups is 1. The molecule has 0 radical (unpaired) electrons. The molecule has 1 aliphatic carbocycles. The molecule has 0 spiro atoms. The molecule has 0 saturated heterocycles. The fourth-order valence-corrected chi connectivity index (χ4v) is 1.24. The van der Waals surface area contributed by atoms with Crippen molar-refractivity contribution < 1.29 is 9.72 Å². The van der Waals surface area contributed by atoms with Gasteiger partial charge in [-0.15, -0.1) is 0 Å². The van der Waals surface area contributed by atoms with Crippen molar-refractivity contribution in [1.29, 1.82) is 0 Å². The van der Waals surface area contributed by atoms with Crippen molar-refractivity contribution in [1.82, 2.24) is 9.55 Å². The summed E-state index contributed by atoms with van der Waals surface area (Å²) in [7, 11) is 0. The molecular weight excluding hydrogens is 186 g/mol. The van der Waals surface area contributed by atoms with E-state index in [1.807, 2.05) is 0 Å². The molecule has 1 heterocycles. The Bertz CT molecular complexity index is 381. The van der Waals surface area contributed by atoms with Crippen molar-refractivity contribution in [3.8, 4) is 0 Å². The molecule has 14 heavy (non-hydrogen) atoms. The summed E-state index contributed by atoms with van der Waals surface area (Å²) < 4.78 is 1.46. The fourth-order valence-electron chi connectivity index (χ4n) is 1.24. The summed E-state index contributed by atoms with van der Waals surface area (Å²) in [6, 6.07) is 0. The van der Waals surface area contributed by atoms with Crippen LogP contribution in [0.25, 0.3) is 0 Å². The Morgan fingerprint density at radius 1 is 1.71 bits per heavy atom. The van der Waals surface area contributed by atoms with Crippen LogP contribution < -0.4 is 0 Å². The molecule has 0 N–H and O–H groups in total. The molecule has 6 heteroatoms. The lowest BCUT2D eigenvalue weighted by molar-refractivity contribution is -0.389. The Morgan fingerprint density at radius 3 is 2.93 bits per heavy atom. The van der Waals surface area contributed by atoms with Crippen LogP contribution in [-0.2, 0) is 11.3 Å². The monoisotopic (exact) mass is 195 g/mol. The zero-order valence-electron chi connectivity index (χ0n) is 7.42. The van der Waals surface area contributed by atoms with Crippen LogP contribution in [0.2, 0.25) is 0 Å². The fraction of sp³-hybridized carbons (Fsp3) is 0.500. The standard InChI is InChI=1S/C8H9N3O3/c12-7(6-1-2-6)3-10-4-8(9-5-10)11(13)14/h4-6H,1-3H2. The molecule has 0 aliphatic heterocycles. The van der Waals surface area contributed by atoms with Gasteiger partial charge in [-0.3, -0.25) is 4.79 Å². The highest BCUT2D eigenvalue weighted by Gasteiger charge is 2.29. The van der Waals surface area contributed by atoms with Gasteiger partial charge < -0.3 is 14.7 Å². The molecule has 2 rings (SSSR count). The quantitative estimate of drug-likeness (QED) is 0.525. The third-order valence-corrected chi connectivity index (χ3v) is 2.18. The summed E-state index contributed by atoms with van der Waals surface area (Å²) in [6.45, 7) is 0.200. The lowest BCUT2D eigenvalue weighted by Gasteiger charge is -1.96. The third kappa shape index (κ3) is 1.78. The number of carbonyl (C=O) groups is 1. The lowest BCUT2D eigenvalue weighted by Crippen LogP contribution is -2.09. The first-order valence-electron chi connectivity index (χ1n) is 4.35. The topological polar surface area (TPSA) is 78.0 Å². The predicted molar refractivity (Wildman–Crippen MR) is 46.6 cm³/mol. The third-order valence-electron chi connectivity index (χ3n) is 2.18. The van der Waals surface area contributed by atoms with Crippen molar-refractivity contribution in [2.24, 2.45) is 5.92 Å². The summed E-state index contributed by atoms with van der Waals surface area (Å²) in [4.78, 5) is 24.6. The van der Waals surface area contributed by atoms with Gasteiger partial charge in [0.15, 0.2) is 5.78 Å². The first-order valence-corrected chi connectivity index (χ1v) is 4.35. The smallest absolute Gasteiger partial charge is 0.358 e. The molecule has 0 aromatic carbocycles. The van der Waals surface area contributed by atoms with Gasteiger partial charge in [0.2, 0.25) is 6.33 Å². The van der Waals surface area contributed by atoms with E-state index in [-0.39, 0.29) is 24.1 Å². The summed E-state index contributed by atoms with van der Waals surface area (Å²) in [6.07, 6.45) is 4.50. The number of Topliss-reactive ketones (excluding diaryl/α,β-unsaturated/α-hetero) is 1. The maximum absolute atomic E-state index is 11.3. The van der Waals surface area contributed by atoms with Crippen molar-refractivity contribution >= 4 is 11.6 Å². The van der Waals surface area contributed by atoms with E-state index in [0.29, 0.717) is 0 Å².